The van der Waals surface area contributed by atoms with E-state index in [-0.39, 0.29) is 17.7 Å². The van der Waals surface area contributed by atoms with Crippen molar-refractivity contribution in [2.45, 2.75) is 11.3 Å². The van der Waals surface area contributed by atoms with Gasteiger partial charge in [0.2, 0.25) is 5.89 Å². The number of anilines is 1. The van der Waals surface area contributed by atoms with Crippen LogP contribution in [0, 0.1) is 5.82 Å². The molecule has 3 rings (SSSR count). The number of carbonyl (C=O) groups excluding carboxylic acids is 1. The quantitative estimate of drug-likeness (QED) is 0.714. The molecule has 2 aromatic carbocycles. The van der Waals surface area contributed by atoms with Gasteiger partial charge in [0.15, 0.2) is 0 Å². The number of aromatic nitrogens is 2. The summed E-state index contributed by atoms with van der Waals surface area (Å²) < 4.78 is 18.3. The maximum atomic E-state index is 12.9. The second-order valence-electron chi connectivity index (χ2n) is 4.99. The molecule has 3 aromatic rings. The van der Waals surface area contributed by atoms with E-state index >= 15 is 0 Å². The first-order chi connectivity index (χ1) is 11.6. The Balaban J connectivity index is 1.67. The van der Waals surface area contributed by atoms with Gasteiger partial charge in [-0.25, -0.2) is 4.39 Å². The monoisotopic (exact) mass is 343 g/mol. The lowest BCUT2D eigenvalue weighted by Gasteiger charge is -2.02. The molecule has 0 atom stereocenters. The molecule has 0 spiro atoms. The van der Waals surface area contributed by atoms with Crippen LogP contribution in [-0.4, -0.2) is 22.4 Å². The van der Waals surface area contributed by atoms with Gasteiger partial charge in [-0.15, -0.1) is 16.9 Å². The fourth-order valence-corrected chi connectivity index (χ4v) is 2.55. The van der Waals surface area contributed by atoms with E-state index < -0.39 is 0 Å². The number of halogens is 1. The van der Waals surface area contributed by atoms with Crippen LogP contribution in [0.4, 0.5) is 10.4 Å². The predicted molar refractivity (Wildman–Crippen MR) is 89.7 cm³/mol. The molecule has 1 aromatic heterocycles. The topological polar surface area (TPSA) is 68.0 Å². The highest BCUT2D eigenvalue weighted by molar-refractivity contribution is 7.98. The van der Waals surface area contributed by atoms with Crippen molar-refractivity contribution in [2.24, 2.45) is 0 Å². The summed E-state index contributed by atoms with van der Waals surface area (Å²) in [6.07, 6.45) is 2.31. The van der Waals surface area contributed by atoms with Gasteiger partial charge in [-0.2, -0.15) is 0 Å². The number of rotatable bonds is 5. The second kappa shape index (κ2) is 7.27. The Bertz CT molecular complexity index is 849. The van der Waals surface area contributed by atoms with Crippen LogP contribution in [0.25, 0.3) is 0 Å². The van der Waals surface area contributed by atoms with E-state index in [4.69, 9.17) is 4.42 Å². The minimum atomic E-state index is -0.317. The molecule has 0 bridgehead atoms. The number of thioether (sulfide) groups is 1. The third-order valence-corrected chi connectivity index (χ3v) is 4.01. The van der Waals surface area contributed by atoms with E-state index in [1.54, 1.807) is 36.0 Å². The molecule has 0 radical (unpaired) electrons. The van der Waals surface area contributed by atoms with Crippen LogP contribution in [0.1, 0.15) is 21.8 Å². The number of hydrogen-bond donors (Lipinski definition) is 1. The zero-order valence-corrected chi connectivity index (χ0v) is 13.6. The number of hydrogen-bond acceptors (Lipinski definition) is 5. The zero-order valence-electron chi connectivity index (χ0n) is 12.8. The summed E-state index contributed by atoms with van der Waals surface area (Å²) in [5, 5.41) is 10.3. The molecule has 7 heteroatoms. The fourth-order valence-electron chi connectivity index (χ4n) is 2.09. The summed E-state index contributed by atoms with van der Waals surface area (Å²) >= 11 is 1.55. The maximum Gasteiger partial charge on any atom is 0.322 e. The fraction of sp³-hybridized carbons (Fsp3) is 0.118. The van der Waals surface area contributed by atoms with E-state index in [2.05, 4.69) is 15.5 Å². The van der Waals surface area contributed by atoms with Gasteiger partial charge >= 0.3 is 6.01 Å². The van der Waals surface area contributed by atoms with Gasteiger partial charge in [-0.05, 0) is 42.2 Å². The Labute approximate surface area is 142 Å². The first-order valence-electron chi connectivity index (χ1n) is 7.16. The van der Waals surface area contributed by atoms with E-state index in [0.717, 1.165) is 10.5 Å². The lowest BCUT2D eigenvalue weighted by molar-refractivity contribution is 0.102. The van der Waals surface area contributed by atoms with Crippen LogP contribution in [0.15, 0.2) is 57.8 Å². The summed E-state index contributed by atoms with van der Waals surface area (Å²) in [5.74, 6) is -0.276. The first-order valence-corrected chi connectivity index (χ1v) is 8.39. The molecule has 24 heavy (non-hydrogen) atoms. The molecule has 5 nitrogen and oxygen atoms in total. The standard InChI is InChI=1S/C17H14FN3O2S/c1-24-14-4-2-3-12(10-14)16(22)19-17-21-20-15(23-17)9-11-5-7-13(18)8-6-11/h2-8,10H,9H2,1H3,(H,19,21,22). The average Bonchev–Trinajstić information content (AvgIpc) is 3.04. The van der Waals surface area contributed by atoms with Gasteiger partial charge in [0, 0.05) is 10.5 Å². The Morgan fingerprint density at radius 1 is 1.21 bits per heavy atom. The third kappa shape index (κ3) is 3.99. The predicted octanol–water partition coefficient (Wildman–Crippen LogP) is 3.77. The molecule has 0 aliphatic heterocycles. The first kappa shape index (κ1) is 16.2. The molecular weight excluding hydrogens is 329 g/mol. The highest BCUT2D eigenvalue weighted by Crippen LogP contribution is 2.17. The molecule has 122 valence electrons. The van der Waals surface area contributed by atoms with Crippen LogP contribution >= 0.6 is 11.8 Å². The normalized spacial score (nSPS) is 10.6. The van der Waals surface area contributed by atoms with Crippen LogP contribution in [0.3, 0.4) is 0 Å². The van der Waals surface area contributed by atoms with Crippen molar-refractivity contribution >= 4 is 23.7 Å². The lowest BCUT2D eigenvalue weighted by Crippen LogP contribution is -2.12. The number of nitrogens with one attached hydrogen (secondary N) is 1. The van der Waals surface area contributed by atoms with Crippen LogP contribution in [0.2, 0.25) is 0 Å². The number of nitrogens with zero attached hydrogens (tertiary/aromatic N) is 2. The number of benzene rings is 2. The van der Waals surface area contributed by atoms with Crippen molar-refractivity contribution < 1.29 is 13.6 Å². The maximum absolute atomic E-state index is 12.9. The van der Waals surface area contributed by atoms with Gasteiger partial charge in [-0.1, -0.05) is 23.3 Å². The minimum absolute atomic E-state index is 0.0340. The molecule has 1 heterocycles. The van der Waals surface area contributed by atoms with Crippen molar-refractivity contribution in [3.05, 3.63) is 71.4 Å². The number of carbonyl (C=O) groups is 1. The zero-order chi connectivity index (χ0) is 16.9. The molecule has 0 unspecified atom stereocenters. The second-order valence-corrected chi connectivity index (χ2v) is 5.87. The largest absolute Gasteiger partial charge is 0.407 e. The molecule has 0 aliphatic carbocycles. The van der Waals surface area contributed by atoms with Gasteiger partial charge in [0.05, 0.1) is 6.42 Å². The lowest BCUT2D eigenvalue weighted by atomic mass is 10.1. The van der Waals surface area contributed by atoms with Crippen LogP contribution < -0.4 is 5.32 Å². The average molecular weight is 343 g/mol. The van der Waals surface area contributed by atoms with Crippen molar-refractivity contribution in [2.75, 3.05) is 11.6 Å². The molecule has 1 amide bonds. The summed E-state index contributed by atoms with van der Waals surface area (Å²) in [6, 6.07) is 13.3. The van der Waals surface area contributed by atoms with E-state index in [1.165, 1.54) is 12.1 Å². The Morgan fingerprint density at radius 2 is 2.00 bits per heavy atom. The Kier molecular flexibility index (Phi) is 4.90. The molecule has 0 saturated heterocycles. The third-order valence-electron chi connectivity index (χ3n) is 3.29. The molecule has 0 fully saturated rings. The van der Waals surface area contributed by atoms with E-state index in [1.807, 2.05) is 18.4 Å². The smallest absolute Gasteiger partial charge is 0.322 e. The van der Waals surface area contributed by atoms with Crippen molar-refractivity contribution in [3.63, 3.8) is 0 Å². The van der Waals surface area contributed by atoms with Crippen molar-refractivity contribution in [1.29, 1.82) is 0 Å². The SMILES string of the molecule is CSc1cccc(C(=O)Nc2nnc(Cc3ccc(F)cc3)o2)c1. The molecular formula is C17H14FN3O2S. The summed E-state index contributed by atoms with van der Waals surface area (Å²) in [6.45, 7) is 0. The molecule has 1 N–H and O–H groups in total. The molecule has 0 saturated carbocycles. The molecule has 0 aliphatic rings. The van der Waals surface area contributed by atoms with Crippen molar-refractivity contribution in [3.8, 4) is 0 Å². The van der Waals surface area contributed by atoms with Crippen molar-refractivity contribution in [1.82, 2.24) is 10.2 Å². The summed E-state index contributed by atoms with van der Waals surface area (Å²) in [7, 11) is 0. The van der Waals surface area contributed by atoms with Gasteiger partial charge in [0.25, 0.3) is 5.91 Å². The van der Waals surface area contributed by atoms with Crippen LogP contribution in [0.5, 0.6) is 0 Å². The van der Waals surface area contributed by atoms with Gasteiger partial charge < -0.3 is 4.42 Å². The minimum Gasteiger partial charge on any atom is -0.407 e. The van der Waals surface area contributed by atoms with Gasteiger partial charge in [-0.3, -0.25) is 10.1 Å². The van der Waals surface area contributed by atoms with E-state index in [9.17, 15) is 9.18 Å². The van der Waals surface area contributed by atoms with Gasteiger partial charge in [0.1, 0.15) is 5.82 Å². The van der Waals surface area contributed by atoms with Crippen LogP contribution in [-0.2, 0) is 6.42 Å². The highest BCUT2D eigenvalue weighted by Gasteiger charge is 2.12. The highest BCUT2D eigenvalue weighted by atomic mass is 32.2. The van der Waals surface area contributed by atoms with E-state index in [0.29, 0.717) is 17.9 Å². The summed E-state index contributed by atoms with van der Waals surface area (Å²) in [4.78, 5) is 13.2. The number of amides is 1. The Morgan fingerprint density at radius 3 is 2.75 bits per heavy atom. The Hall–Kier alpha value is -2.67. The summed E-state index contributed by atoms with van der Waals surface area (Å²) in [5.41, 5.74) is 1.35.